The van der Waals surface area contributed by atoms with E-state index in [0.717, 1.165) is 31.3 Å². The van der Waals surface area contributed by atoms with Crippen molar-refractivity contribution in [2.75, 3.05) is 0 Å². The van der Waals surface area contributed by atoms with Crippen LogP contribution in [0.25, 0.3) is 0 Å². The van der Waals surface area contributed by atoms with E-state index in [9.17, 15) is 4.79 Å². The first kappa shape index (κ1) is 7.52. The van der Waals surface area contributed by atoms with Crippen molar-refractivity contribution in [3.63, 3.8) is 0 Å². The summed E-state index contributed by atoms with van der Waals surface area (Å²) in [5.74, 6) is 0.381. The highest BCUT2D eigenvalue weighted by atomic mass is 16.1. The molecule has 0 spiro atoms. The Morgan fingerprint density at radius 3 is 2.50 bits per heavy atom. The number of carbonyl (C=O) groups excluding carboxylic acids is 1. The van der Waals surface area contributed by atoms with E-state index in [0.29, 0.717) is 5.78 Å². The highest BCUT2D eigenvalue weighted by Crippen LogP contribution is 2.23. The second kappa shape index (κ2) is 3.00. The van der Waals surface area contributed by atoms with Crippen molar-refractivity contribution in [1.82, 2.24) is 0 Å². The predicted molar refractivity (Wildman–Crippen MR) is 41.8 cm³/mol. The molecule has 0 heterocycles. The van der Waals surface area contributed by atoms with Gasteiger partial charge in [-0.1, -0.05) is 12.5 Å². The molecule has 0 N–H and O–H groups in total. The molecule has 0 atom stereocenters. The summed E-state index contributed by atoms with van der Waals surface area (Å²) < 4.78 is 0. The molecular weight excluding hydrogens is 124 g/mol. The molecule has 0 aromatic rings. The van der Waals surface area contributed by atoms with Gasteiger partial charge in [-0.25, -0.2) is 0 Å². The lowest BCUT2D eigenvalue weighted by atomic mass is 9.90. The summed E-state index contributed by atoms with van der Waals surface area (Å²) in [5.41, 5.74) is 2.41. The van der Waals surface area contributed by atoms with Crippen LogP contribution in [-0.4, -0.2) is 5.78 Å². The van der Waals surface area contributed by atoms with Crippen LogP contribution >= 0.6 is 0 Å². The number of ketones is 1. The van der Waals surface area contributed by atoms with E-state index in [1.807, 2.05) is 0 Å². The number of carbonyl (C=O) groups is 1. The largest absolute Gasteiger partial charge is 0.295 e. The molecule has 1 aliphatic carbocycles. The minimum atomic E-state index is 0.381. The predicted octanol–water partition coefficient (Wildman–Crippen LogP) is 2.47. The van der Waals surface area contributed by atoms with E-state index in [4.69, 9.17) is 0 Å². The molecule has 0 radical (unpaired) electrons. The van der Waals surface area contributed by atoms with E-state index in [2.05, 4.69) is 13.8 Å². The van der Waals surface area contributed by atoms with Gasteiger partial charge in [0.15, 0.2) is 5.78 Å². The van der Waals surface area contributed by atoms with Crippen LogP contribution in [-0.2, 0) is 4.79 Å². The molecule has 0 saturated carbocycles. The highest BCUT2D eigenvalue weighted by molar-refractivity contribution is 5.96. The van der Waals surface area contributed by atoms with Crippen LogP contribution in [0.2, 0.25) is 0 Å². The van der Waals surface area contributed by atoms with Gasteiger partial charge in [0.1, 0.15) is 0 Å². The van der Waals surface area contributed by atoms with Crippen molar-refractivity contribution in [2.24, 2.45) is 0 Å². The van der Waals surface area contributed by atoms with Gasteiger partial charge in [0.2, 0.25) is 0 Å². The van der Waals surface area contributed by atoms with E-state index in [1.54, 1.807) is 0 Å². The number of allylic oxidation sites excluding steroid dienone is 2. The van der Waals surface area contributed by atoms with Gasteiger partial charge >= 0.3 is 0 Å². The molecule has 1 rings (SSSR count). The fourth-order valence-corrected chi connectivity index (χ4v) is 1.55. The van der Waals surface area contributed by atoms with Gasteiger partial charge in [-0.15, -0.1) is 0 Å². The molecule has 10 heavy (non-hydrogen) atoms. The van der Waals surface area contributed by atoms with Crippen LogP contribution in [0, 0.1) is 0 Å². The first-order valence-electron chi connectivity index (χ1n) is 3.97. The summed E-state index contributed by atoms with van der Waals surface area (Å²) in [5, 5.41) is 0. The summed E-state index contributed by atoms with van der Waals surface area (Å²) in [6.07, 6.45) is 3.90. The Kier molecular flexibility index (Phi) is 2.25. The molecule has 0 fully saturated rings. The van der Waals surface area contributed by atoms with Crippen molar-refractivity contribution in [1.29, 1.82) is 0 Å². The molecular formula is C9H14O. The maximum absolute atomic E-state index is 11.2. The average Bonchev–Trinajstić information content (AvgIpc) is 1.88. The monoisotopic (exact) mass is 138 g/mol. The fourth-order valence-electron chi connectivity index (χ4n) is 1.55. The normalized spacial score (nSPS) is 20.0. The molecule has 0 amide bonds. The Balaban J connectivity index is 2.84. The number of hydrogen-bond donors (Lipinski definition) is 0. The van der Waals surface area contributed by atoms with Crippen LogP contribution in [0.3, 0.4) is 0 Å². The maximum Gasteiger partial charge on any atom is 0.158 e. The topological polar surface area (TPSA) is 17.1 Å². The molecule has 0 aliphatic heterocycles. The van der Waals surface area contributed by atoms with Gasteiger partial charge in [-0.05, 0) is 31.8 Å². The van der Waals surface area contributed by atoms with Gasteiger partial charge in [0.05, 0.1) is 0 Å². The third kappa shape index (κ3) is 1.28. The van der Waals surface area contributed by atoms with E-state index >= 15 is 0 Å². The van der Waals surface area contributed by atoms with Gasteiger partial charge in [-0.2, -0.15) is 0 Å². The minimum Gasteiger partial charge on any atom is -0.295 e. The van der Waals surface area contributed by atoms with E-state index in [-0.39, 0.29) is 0 Å². The average molecular weight is 138 g/mol. The highest BCUT2D eigenvalue weighted by Gasteiger charge is 2.15. The van der Waals surface area contributed by atoms with Gasteiger partial charge in [0.25, 0.3) is 0 Å². The van der Waals surface area contributed by atoms with Crippen LogP contribution in [0.4, 0.5) is 0 Å². The first-order valence-corrected chi connectivity index (χ1v) is 3.97. The summed E-state index contributed by atoms with van der Waals surface area (Å²) in [4.78, 5) is 11.2. The SMILES string of the molecule is CCC1=C(C)CCCC1=O. The molecule has 56 valence electrons. The van der Waals surface area contributed by atoms with E-state index < -0.39 is 0 Å². The second-order valence-corrected chi connectivity index (χ2v) is 2.89. The van der Waals surface area contributed by atoms with Crippen LogP contribution < -0.4 is 0 Å². The van der Waals surface area contributed by atoms with Gasteiger partial charge in [-0.3, -0.25) is 4.79 Å². The molecule has 0 aromatic heterocycles. The molecule has 0 bridgehead atoms. The number of hydrogen-bond acceptors (Lipinski definition) is 1. The summed E-state index contributed by atoms with van der Waals surface area (Å²) in [6.45, 7) is 4.14. The maximum atomic E-state index is 11.2. The third-order valence-corrected chi connectivity index (χ3v) is 2.16. The Labute approximate surface area is 62.1 Å². The van der Waals surface area contributed by atoms with Crippen LogP contribution in [0.1, 0.15) is 39.5 Å². The molecule has 1 nitrogen and oxygen atoms in total. The molecule has 1 heteroatoms. The van der Waals surface area contributed by atoms with Gasteiger partial charge < -0.3 is 0 Å². The molecule has 0 aromatic carbocycles. The van der Waals surface area contributed by atoms with Crippen molar-refractivity contribution in [3.05, 3.63) is 11.1 Å². The fraction of sp³-hybridized carbons (Fsp3) is 0.667. The quantitative estimate of drug-likeness (QED) is 0.544. The van der Waals surface area contributed by atoms with Crippen LogP contribution in [0.5, 0.6) is 0 Å². The Morgan fingerprint density at radius 1 is 1.40 bits per heavy atom. The van der Waals surface area contributed by atoms with Crippen molar-refractivity contribution in [3.8, 4) is 0 Å². The van der Waals surface area contributed by atoms with E-state index in [1.165, 1.54) is 5.57 Å². The third-order valence-electron chi connectivity index (χ3n) is 2.16. The Morgan fingerprint density at radius 2 is 2.10 bits per heavy atom. The number of Topliss-reactive ketones (excluding diaryl/α,β-unsaturated/α-hetero) is 1. The smallest absolute Gasteiger partial charge is 0.158 e. The molecule has 0 unspecified atom stereocenters. The zero-order valence-electron chi connectivity index (χ0n) is 6.74. The van der Waals surface area contributed by atoms with Crippen molar-refractivity contribution < 1.29 is 4.79 Å². The van der Waals surface area contributed by atoms with Gasteiger partial charge in [0, 0.05) is 6.42 Å². The lowest BCUT2D eigenvalue weighted by Gasteiger charge is -2.14. The molecule has 1 aliphatic rings. The lowest BCUT2D eigenvalue weighted by molar-refractivity contribution is -0.116. The summed E-state index contributed by atoms with van der Waals surface area (Å²) in [7, 11) is 0. The second-order valence-electron chi connectivity index (χ2n) is 2.89. The Bertz CT molecular complexity index is 177. The Hall–Kier alpha value is -0.590. The summed E-state index contributed by atoms with van der Waals surface area (Å²) in [6, 6.07) is 0. The first-order chi connectivity index (χ1) is 4.75. The van der Waals surface area contributed by atoms with Crippen LogP contribution in [0.15, 0.2) is 11.1 Å². The lowest BCUT2D eigenvalue weighted by Crippen LogP contribution is -2.09. The minimum absolute atomic E-state index is 0.381. The molecule has 0 saturated heterocycles. The van der Waals surface area contributed by atoms with Crippen molar-refractivity contribution in [2.45, 2.75) is 39.5 Å². The number of rotatable bonds is 1. The zero-order chi connectivity index (χ0) is 7.56. The summed E-state index contributed by atoms with van der Waals surface area (Å²) >= 11 is 0. The standard InChI is InChI=1S/C9H14O/c1-3-8-7(2)5-4-6-9(8)10/h3-6H2,1-2H3. The zero-order valence-corrected chi connectivity index (χ0v) is 6.74. The van der Waals surface area contributed by atoms with Crippen molar-refractivity contribution >= 4 is 5.78 Å².